The van der Waals surface area contributed by atoms with Crippen LogP contribution in [0.4, 0.5) is 5.69 Å². The highest BCUT2D eigenvalue weighted by atomic mass is 16.5. The maximum Gasteiger partial charge on any atom is 0.243 e. The minimum Gasteiger partial charge on any atom is -0.369 e. The summed E-state index contributed by atoms with van der Waals surface area (Å²) in [7, 11) is 0. The number of piperazine rings is 1. The lowest BCUT2D eigenvalue weighted by molar-refractivity contribution is 0.164. The van der Waals surface area contributed by atoms with Crippen molar-refractivity contribution in [2.45, 2.75) is 32.7 Å². The Hall–Kier alpha value is -1.88. The lowest BCUT2D eigenvalue weighted by atomic mass is 10.2. The summed E-state index contributed by atoms with van der Waals surface area (Å²) in [6.07, 6.45) is 0. The number of anilines is 1. The van der Waals surface area contributed by atoms with Crippen molar-refractivity contribution in [2.24, 2.45) is 0 Å². The molecule has 0 spiro atoms. The third-order valence-electron chi connectivity index (χ3n) is 4.31. The average molecular weight is 300 g/mol. The van der Waals surface area contributed by atoms with Crippen molar-refractivity contribution < 1.29 is 4.52 Å². The van der Waals surface area contributed by atoms with Gasteiger partial charge < -0.3 is 9.42 Å². The van der Waals surface area contributed by atoms with E-state index in [1.807, 2.05) is 0 Å². The lowest BCUT2D eigenvalue weighted by Gasteiger charge is -2.38. The number of hydrogen-bond acceptors (Lipinski definition) is 5. The molecule has 1 atom stereocenters. The third-order valence-corrected chi connectivity index (χ3v) is 4.31. The quantitative estimate of drug-likeness (QED) is 0.868. The van der Waals surface area contributed by atoms with Crippen molar-refractivity contribution in [3.63, 3.8) is 0 Å². The molecule has 5 heteroatoms. The highest BCUT2D eigenvalue weighted by Gasteiger charge is 2.26. The molecule has 1 aromatic carbocycles. The fourth-order valence-electron chi connectivity index (χ4n) is 2.81. The molecule has 1 fully saturated rings. The van der Waals surface area contributed by atoms with Gasteiger partial charge in [-0.25, -0.2) is 0 Å². The predicted molar refractivity (Wildman–Crippen MR) is 87.0 cm³/mol. The SMILES string of the molecule is CC(C)c1noc(C(C)N2CCN(c3ccccc3)CC2)n1. The Bertz CT molecular complexity index is 588. The topological polar surface area (TPSA) is 45.4 Å². The molecule has 22 heavy (non-hydrogen) atoms. The summed E-state index contributed by atoms with van der Waals surface area (Å²) in [6.45, 7) is 10.4. The Labute approximate surface area is 131 Å². The highest BCUT2D eigenvalue weighted by Crippen LogP contribution is 2.23. The van der Waals surface area contributed by atoms with E-state index in [2.05, 4.69) is 71.0 Å². The van der Waals surface area contributed by atoms with Gasteiger partial charge in [0.1, 0.15) is 0 Å². The van der Waals surface area contributed by atoms with E-state index < -0.39 is 0 Å². The molecule has 0 saturated carbocycles. The van der Waals surface area contributed by atoms with Gasteiger partial charge in [-0.1, -0.05) is 37.2 Å². The fraction of sp³-hybridized carbons (Fsp3) is 0.529. The average Bonchev–Trinajstić information content (AvgIpc) is 3.05. The van der Waals surface area contributed by atoms with Crippen molar-refractivity contribution >= 4 is 5.69 Å². The van der Waals surface area contributed by atoms with Crippen molar-refractivity contribution in [3.05, 3.63) is 42.0 Å². The third kappa shape index (κ3) is 3.14. The van der Waals surface area contributed by atoms with Gasteiger partial charge in [0, 0.05) is 37.8 Å². The molecule has 5 nitrogen and oxygen atoms in total. The molecule has 0 radical (unpaired) electrons. The van der Waals surface area contributed by atoms with Crippen molar-refractivity contribution in [2.75, 3.05) is 31.1 Å². The van der Waals surface area contributed by atoms with Gasteiger partial charge in [-0.3, -0.25) is 4.90 Å². The molecule has 0 bridgehead atoms. The van der Waals surface area contributed by atoms with Gasteiger partial charge in [-0.15, -0.1) is 0 Å². The maximum absolute atomic E-state index is 5.44. The van der Waals surface area contributed by atoms with Crippen LogP contribution in [0.25, 0.3) is 0 Å². The monoisotopic (exact) mass is 300 g/mol. The van der Waals surface area contributed by atoms with Gasteiger partial charge in [0.2, 0.25) is 5.89 Å². The highest BCUT2D eigenvalue weighted by molar-refractivity contribution is 5.46. The second-order valence-corrected chi connectivity index (χ2v) is 6.18. The summed E-state index contributed by atoms with van der Waals surface area (Å²) in [5.41, 5.74) is 1.30. The number of hydrogen-bond donors (Lipinski definition) is 0. The number of nitrogens with zero attached hydrogens (tertiary/aromatic N) is 4. The first-order valence-corrected chi connectivity index (χ1v) is 8.02. The standard InChI is InChI=1S/C17H24N4O/c1-13(2)16-18-17(22-19-16)14(3)20-9-11-21(12-10-20)15-7-5-4-6-8-15/h4-8,13-14H,9-12H2,1-3H3. The first-order valence-electron chi connectivity index (χ1n) is 8.02. The molecule has 1 aliphatic rings. The normalized spacial score (nSPS) is 17.9. The van der Waals surface area contributed by atoms with Crippen LogP contribution >= 0.6 is 0 Å². The molecule has 0 amide bonds. The van der Waals surface area contributed by atoms with Gasteiger partial charge in [-0.2, -0.15) is 4.98 Å². The Kier molecular flexibility index (Phi) is 4.43. The van der Waals surface area contributed by atoms with E-state index in [0.29, 0.717) is 5.92 Å². The minimum atomic E-state index is 0.179. The van der Waals surface area contributed by atoms with Gasteiger partial charge in [0.05, 0.1) is 6.04 Å². The van der Waals surface area contributed by atoms with E-state index in [4.69, 9.17) is 4.52 Å². The van der Waals surface area contributed by atoms with E-state index in [9.17, 15) is 0 Å². The second kappa shape index (κ2) is 6.48. The Morgan fingerprint density at radius 3 is 2.27 bits per heavy atom. The Balaban J connectivity index is 1.60. The first-order chi connectivity index (χ1) is 10.6. The van der Waals surface area contributed by atoms with Crippen LogP contribution in [0.1, 0.15) is 44.4 Å². The molecule has 2 heterocycles. The summed E-state index contributed by atoms with van der Waals surface area (Å²) in [6, 6.07) is 10.8. The summed E-state index contributed by atoms with van der Waals surface area (Å²) in [4.78, 5) is 9.37. The van der Waals surface area contributed by atoms with Crippen LogP contribution in [-0.4, -0.2) is 41.2 Å². The molecular formula is C17H24N4O. The van der Waals surface area contributed by atoms with Gasteiger partial charge in [0.25, 0.3) is 0 Å². The van der Waals surface area contributed by atoms with Crippen molar-refractivity contribution in [3.8, 4) is 0 Å². The Morgan fingerprint density at radius 2 is 1.68 bits per heavy atom. The summed E-state index contributed by atoms with van der Waals surface area (Å²) in [5, 5.41) is 4.07. The fourth-order valence-corrected chi connectivity index (χ4v) is 2.81. The maximum atomic E-state index is 5.44. The van der Waals surface area contributed by atoms with Gasteiger partial charge >= 0.3 is 0 Å². The number of benzene rings is 1. The van der Waals surface area contributed by atoms with Gasteiger partial charge in [-0.05, 0) is 19.1 Å². The summed E-state index contributed by atoms with van der Waals surface area (Å²) < 4.78 is 5.44. The summed E-state index contributed by atoms with van der Waals surface area (Å²) >= 11 is 0. The molecule has 0 aliphatic carbocycles. The van der Waals surface area contributed by atoms with Crippen LogP contribution in [0.2, 0.25) is 0 Å². The van der Waals surface area contributed by atoms with E-state index >= 15 is 0 Å². The van der Waals surface area contributed by atoms with Crippen LogP contribution in [0.15, 0.2) is 34.9 Å². The van der Waals surface area contributed by atoms with Crippen LogP contribution in [-0.2, 0) is 0 Å². The van der Waals surface area contributed by atoms with E-state index in [-0.39, 0.29) is 6.04 Å². The predicted octanol–water partition coefficient (Wildman–Crippen LogP) is 3.08. The van der Waals surface area contributed by atoms with Crippen molar-refractivity contribution in [1.29, 1.82) is 0 Å². The zero-order valence-electron chi connectivity index (χ0n) is 13.6. The first kappa shape index (κ1) is 15.0. The number of aromatic nitrogens is 2. The van der Waals surface area contributed by atoms with Crippen LogP contribution in [0, 0.1) is 0 Å². The van der Waals surface area contributed by atoms with E-state index in [1.54, 1.807) is 0 Å². The van der Waals surface area contributed by atoms with Crippen LogP contribution < -0.4 is 4.90 Å². The molecule has 0 N–H and O–H groups in total. The molecule has 1 aromatic heterocycles. The molecule has 3 rings (SSSR count). The Morgan fingerprint density at radius 1 is 1.00 bits per heavy atom. The zero-order chi connectivity index (χ0) is 15.5. The number of para-hydroxylation sites is 1. The molecule has 2 aromatic rings. The largest absolute Gasteiger partial charge is 0.369 e. The van der Waals surface area contributed by atoms with Crippen molar-refractivity contribution in [1.82, 2.24) is 15.0 Å². The molecule has 118 valence electrons. The molecular weight excluding hydrogens is 276 g/mol. The minimum absolute atomic E-state index is 0.179. The second-order valence-electron chi connectivity index (χ2n) is 6.18. The van der Waals surface area contributed by atoms with Crippen LogP contribution in [0.5, 0.6) is 0 Å². The van der Waals surface area contributed by atoms with E-state index in [1.165, 1.54) is 5.69 Å². The smallest absolute Gasteiger partial charge is 0.243 e. The zero-order valence-corrected chi connectivity index (χ0v) is 13.6. The molecule has 1 saturated heterocycles. The number of rotatable bonds is 4. The summed E-state index contributed by atoms with van der Waals surface area (Å²) in [5.74, 6) is 1.83. The van der Waals surface area contributed by atoms with E-state index in [0.717, 1.165) is 37.9 Å². The lowest BCUT2D eigenvalue weighted by Crippen LogP contribution is -2.47. The van der Waals surface area contributed by atoms with Gasteiger partial charge in [0.15, 0.2) is 5.82 Å². The molecule has 1 aliphatic heterocycles. The van der Waals surface area contributed by atoms with Crippen LogP contribution in [0.3, 0.4) is 0 Å². The molecule has 1 unspecified atom stereocenters.